The number of hydrogen-bond acceptors (Lipinski definition) is 2. The molecule has 2 atom stereocenters. The Kier molecular flexibility index (Phi) is 7.24. The molecule has 1 aliphatic heterocycles. The largest absolute Gasteiger partial charge is 0.336 e. The second kappa shape index (κ2) is 10.3. The molecule has 1 aliphatic rings. The van der Waals surface area contributed by atoms with Gasteiger partial charge in [-0.2, -0.15) is 0 Å². The minimum atomic E-state index is -0.215. The molecule has 0 radical (unpaired) electrons. The molecule has 0 saturated carbocycles. The Hall–Kier alpha value is -2.98. The molecule has 1 amide bonds. The van der Waals surface area contributed by atoms with E-state index in [1.54, 1.807) is 12.1 Å². The van der Waals surface area contributed by atoms with Crippen molar-refractivity contribution < 1.29 is 9.18 Å². The minimum absolute atomic E-state index is 0.0700. The Balaban J connectivity index is 1.57. The fourth-order valence-electron chi connectivity index (χ4n) is 4.96. The number of carbonyl (C=O) groups is 1. The lowest BCUT2D eigenvalue weighted by molar-refractivity contribution is 0.0668. The molecular weight excluding hydrogens is 411 g/mol. The van der Waals surface area contributed by atoms with Crippen LogP contribution in [0.15, 0.2) is 78.9 Å². The molecule has 0 bridgehead atoms. The number of carbonyl (C=O) groups excluding carboxylic acids is 1. The van der Waals surface area contributed by atoms with Gasteiger partial charge in [-0.1, -0.05) is 60.2 Å². The van der Waals surface area contributed by atoms with Gasteiger partial charge in [0.05, 0.1) is 0 Å². The van der Waals surface area contributed by atoms with Crippen LogP contribution in [0, 0.1) is 18.7 Å². The maximum Gasteiger partial charge on any atom is 0.254 e. The summed E-state index contributed by atoms with van der Waals surface area (Å²) in [6, 6.07) is 25.1. The average molecular weight is 445 g/mol. The normalized spacial score (nSPS) is 18.6. The number of rotatable bonds is 7. The van der Waals surface area contributed by atoms with Crippen LogP contribution >= 0.6 is 0 Å². The maximum atomic E-state index is 13.6. The Bertz CT molecular complexity index is 1060. The third-order valence-electron chi connectivity index (χ3n) is 6.64. The highest BCUT2D eigenvalue weighted by Gasteiger charge is 2.36. The van der Waals surface area contributed by atoms with Gasteiger partial charge in [-0.25, -0.2) is 4.39 Å². The van der Waals surface area contributed by atoms with E-state index < -0.39 is 0 Å². The van der Waals surface area contributed by atoms with E-state index >= 15 is 0 Å². The topological polar surface area (TPSA) is 23.6 Å². The van der Waals surface area contributed by atoms with Gasteiger partial charge in [0.15, 0.2) is 0 Å². The number of aryl methyl sites for hydroxylation is 1. The molecule has 0 aromatic heterocycles. The van der Waals surface area contributed by atoms with Gasteiger partial charge < -0.3 is 4.90 Å². The molecular formula is C29H33FN2O. The second-order valence-corrected chi connectivity index (χ2v) is 9.52. The Morgan fingerprint density at radius 1 is 1.00 bits per heavy atom. The van der Waals surface area contributed by atoms with Crippen molar-refractivity contribution in [3.63, 3.8) is 0 Å². The number of likely N-dealkylation sites (tertiary alicyclic amines) is 1. The van der Waals surface area contributed by atoms with Crippen LogP contribution < -0.4 is 0 Å². The number of amides is 1. The number of benzene rings is 3. The van der Waals surface area contributed by atoms with E-state index in [1.807, 2.05) is 47.4 Å². The standard InChI is InChI=1S/C29H33FN2O/c1-21(2)32(29(33)25-10-5-4-6-11-25)19-26-18-31(17-23-9-7-8-22(3)16-23)20-28(26)24-12-14-27(30)15-13-24/h4-16,21,26,28H,17-20H2,1-3H3. The summed E-state index contributed by atoms with van der Waals surface area (Å²) in [5.74, 6) is 0.379. The lowest BCUT2D eigenvalue weighted by Crippen LogP contribution is -2.42. The summed E-state index contributed by atoms with van der Waals surface area (Å²) in [4.78, 5) is 17.8. The van der Waals surface area contributed by atoms with Gasteiger partial charge in [-0.15, -0.1) is 0 Å². The van der Waals surface area contributed by atoms with E-state index in [0.717, 1.165) is 30.8 Å². The fraction of sp³-hybridized carbons (Fsp3) is 0.345. The monoisotopic (exact) mass is 444 g/mol. The minimum Gasteiger partial charge on any atom is -0.336 e. The zero-order valence-corrected chi connectivity index (χ0v) is 19.7. The van der Waals surface area contributed by atoms with Crippen molar-refractivity contribution >= 4 is 5.91 Å². The van der Waals surface area contributed by atoms with Crippen molar-refractivity contribution in [2.24, 2.45) is 5.92 Å². The van der Waals surface area contributed by atoms with E-state index in [0.29, 0.717) is 6.54 Å². The van der Waals surface area contributed by atoms with Crippen LogP contribution in [-0.4, -0.2) is 41.4 Å². The van der Waals surface area contributed by atoms with Crippen molar-refractivity contribution in [3.8, 4) is 0 Å². The van der Waals surface area contributed by atoms with Crippen molar-refractivity contribution in [3.05, 3.63) is 107 Å². The number of halogens is 1. The zero-order valence-electron chi connectivity index (χ0n) is 19.7. The first kappa shape index (κ1) is 23.2. The smallest absolute Gasteiger partial charge is 0.254 e. The molecule has 0 aliphatic carbocycles. The van der Waals surface area contributed by atoms with Gasteiger partial charge >= 0.3 is 0 Å². The van der Waals surface area contributed by atoms with Crippen LogP contribution in [0.1, 0.15) is 46.8 Å². The van der Waals surface area contributed by atoms with Crippen LogP contribution in [0.2, 0.25) is 0 Å². The quantitative estimate of drug-likeness (QED) is 0.453. The summed E-state index contributed by atoms with van der Waals surface area (Å²) in [5.41, 5.74) is 4.43. The Morgan fingerprint density at radius 3 is 2.39 bits per heavy atom. The molecule has 4 heteroatoms. The first-order valence-electron chi connectivity index (χ1n) is 11.8. The molecule has 4 rings (SSSR count). The lowest BCUT2D eigenvalue weighted by Gasteiger charge is -2.32. The van der Waals surface area contributed by atoms with Crippen LogP contribution in [0.4, 0.5) is 4.39 Å². The molecule has 2 unspecified atom stereocenters. The molecule has 0 N–H and O–H groups in total. The van der Waals surface area contributed by atoms with Gasteiger partial charge in [0.25, 0.3) is 5.91 Å². The van der Waals surface area contributed by atoms with E-state index in [-0.39, 0.29) is 29.6 Å². The van der Waals surface area contributed by atoms with Gasteiger partial charge in [0.1, 0.15) is 5.82 Å². The van der Waals surface area contributed by atoms with E-state index in [4.69, 9.17) is 0 Å². The average Bonchev–Trinajstić information content (AvgIpc) is 3.20. The zero-order chi connectivity index (χ0) is 23.4. The molecule has 1 heterocycles. The van der Waals surface area contributed by atoms with Crippen molar-refractivity contribution in [1.82, 2.24) is 9.80 Å². The predicted octanol–water partition coefficient (Wildman–Crippen LogP) is 5.90. The second-order valence-electron chi connectivity index (χ2n) is 9.52. The third-order valence-corrected chi connectivity index (χ3v) is 6.64. The molecule has 0 spiro atoms. The molecule has 3 aromatic rings. The van der Waals surface area contributed by atoms with E-state index in [1.165, 1.54) is 11.1 Å². The highest BCUT2D eigenvalue weighted by molar-refractivity contribution is 5.94. The molecule has 33 heavy (non-hydrogen) atoms. The molecule has 1 saturated heterocycles. The van der Waals surface area contributed by atoms with Gasteiger partial charge in [-0.05, 0) is 62.1 Å². The summed E-state index contributed by atoms with van der Waals surface area (Å²) in [6.45, 7) is 9.63. The summed E-state index contributed by atoms with van der Waals surface area (Å²) in [7, 11) is 0. The molecule has 3 aromatic carbocycles. The van der Waals surface area contributed by atoms with E-state index in [2.05, 4.69) is 49.9 Å². The predicted molar refractivity (Wildman–Crippen MR) is 132 cm³/mol. The van der Waals surface area contributed by atoms with Crippen molar-refractivity contribution in [2.45, 2.75) is 39.3 Å². The van der Waals surface area contributed by atoms with E-state index in [9.17, 15) is 9.18 Å². The van der Waals surface area contributed by atoms with Crippen molar-refractivity contribution in [1.29, 1.82) is 0 Å². The maximum absolute atomic E-state index is 13.6. The summed E-state index contributed by atoms with van der Waals surface area (Å²) in [6.07, 6.45) is 0. The van der Waals surface area contributed by atoms with Crippen LogP contribution in [0.5, 0.6) is 0 Å². The lowest BCUT2D eigenvalue weighted by atomic mass is 9.88. The van der Waals surface area contributed by atoms with Crippen LogP contribution in [-0.2, 0) is 6.54 Å². The SMILES string of the molecule is Cc1cccc(CN2CC(CN(C(=O)c3ccccc3)C(C)C)C(c3ccc(F)cc3)C2)c1. The highest BCUT2D eigenvalue weighted by Crippen LogP contribution is 2.35. The summed E-state index contributed by atoms with van der Waals surface area (Å²) < 4.78 is 13.6. The molecule has 172 valence electrons. The first-order valence-corrected chi connectivity index (χ1v) is 11.8. The van der Waals surface area contributed by atoms with Gasteiger partial charge in [0.2, 0.25) is 0 Å². The molecule has 1 fully saturated rings. The Labute approximate surface area is 196 Å². The van der Waals surface area contributed by atoms with Crippen LogP contribution in [0.25, 0.3) is 0 Å². The summed E-state index contributed by atoms with van der Waals surface area (Å²) >= 11 is 0. The van der Waals surface area contributed by atoms with Gasteiger partial charge in [-0.3, -0.25) is 9.69 Å². The number of hydrogen-bond donors (Lipinski definition) is 0. The number of nitrogens with zero attached hydrogens (tertiary/aromatic N) is 2. The molecule has 3 nitrogen and oxygen atoms in total. The van der Waals surface area contributed by atoms with Gasteiger partial charge in [0, 0.05) is 43.7 Å². The fourth-order valence-corrected chi connectivity index (χ4v) is 4.96. The first-order chi connectivity index (χ1) is 15.9. The highest BCUT2D eigenvalue weighted by atomic mass is 19.1. The van der Waals surface area contributed by atoms with Crippen molar-refractivity contribution in [2.75, 3.05) is 19.6 Å². The Morgan fingerprint density at radius 2 is 1.73 bits per heavy atom. The third kappa shape index (κ3) is 5.69. The van der Waals surface area contributed by atoms with Crippen LogP contribution in [0.3, 0.4) is 0 Å². The summed E-state index contributed by atoms with van der Waals surface area (Å²) in [5, 5.41) is 0.